The number of sulfonamides is 1. The molecule has 1 aromatic rings. The number of aryl methyl sites for hydroxylation is 1. The number of hydrogen-bond acceptors (Lipinski definition) is 4. The molecule has 0 aromatic carbocycles. The third-order valence-electron chi connectivity index (χ3n) is 2.04. The first-order valence-corrected chi connectivity index (χ1v) is 5.44. The Hall–Kier alpha value is -1.08. The lowest BCUT2D eigenvalue weighted by atomic mass is 10.5. The molecule has 7 heteroatoms. The van der Waals surface area contributed by atoms with E-state index in [1.54, 1.807) is 14.0 Å². The van der Waals surface area contributed by atoms with E-state index < -0.39 is 10.0 Å². The molecule has 1 rings (SSSR count). The van der Waals surface area contributed by atoms with Gasteiger partial charge >= 0.3 is 0 Å². The van der Waals surface area contributed by atoms with Crippen molar-refractivity contribution < 1.29 is 8.42 Å². The quantitative estimate of drug-likeness (QED) is 0.729. The van der Waals surface area contributed by atoms with Gasteiger partial charge in [-0.25, -0.2) is 12.7 Å². The number of rotatable bonds is 2. The molecule has 14 heavy (non-hydrogen) atoms. The standard InChI is InChI=1S/C7H14N4O2S/c1-5-6(7(8)9-11(5)4)14(12,13)10(2)3/h1-4H3,(H2,8,9). The van der Waals surface area contributed by atoms with E-state index in [9.17, 15) is 8.42 Å². The van der Waals surface area contributed by atoms with Gasteiger partial charge in [0.1, 0.15) is 4.90 Å². The molecule has 0 fully saturated rings. The molecule has 1 aromatic heterocycles. The number of aromatic nitrogens is 2. The summed E-state index contributed by atoms with van der Waals surface area (Å²) in [7, 11) is 1.08. The fraction of sp³-hybridized carbons (Fsp3) is 0.571. The highest BCUT2D eigenvalue weighted by atomic mass is 32.2. The number of hydrogen-bond donors (Lipinski definition) is 1. The maximum atomic E-state index is 11.8. The maximum Gasteiger partial charge on any atom is 0.248 e. The highest BCUT2D eigenvalue weighted by Gasteiger charge is 2.26. The van der Waals surface area contributed by atoms with E-state index >= 15 is 0 Å². The number of nitrogens with zero attached hydrogens (tertiary/aromatic N) is 3. The average molecular weight is 218 g/mol. The zero-order valence-electron chi connectivity index (χ0n) is 8.64. The minimum absolute atomic E-state index is 0.0405. The van der Waals surface area contributed by atoms with Gasteiger partial charge in [0.25, 0.3) is 0 Å². The maximum absolute atomic E-state index is 11.8. The third-order valence-corrected chi connectivity index (χ3v) is 4.02. The molecule has 1 heterocycles. The van der Waals surface area contributed by atoms with Gasteiger partial charge in [-0.15, -0.1) is 0 Å². The van der Waals surface area contributed by atoms with Crippen molar-refractivity contribution in [1.29, 1.82) is 0 Å². The molecule has 0 aliphatic carbocycles. The fourth-order valence-corrected chi connectivity index (χ4v) is 2.29. The van der Waals surface area contributed by atoms with Gasteiger partial charge in [0, 0.05) is 21.1 Å². The predicted molar refractivity (Wildman–Crippen MR) is 53.2 cm³/mol. The van der Waals surface area contributed by atoms with Gasteiger partial charge in [-0.3, -0.25) is 4.68 Å². The van der Waals surface area contributed by atoms with Crippen molar-refractivity contribution in [2.24, 2.45) is 7.05 Å². The zero-order valence-corrected chi connectivity index (χ0v) is 9.46. The van der Waals surface area contributed by atoms with E-state index in [1.165, 1.54) is 18.8 Å². The largest absolute Gasteiger partial charge is 0.381 e. The van der Waals surface area contributed by atoms with Crippen LogP contribution in [0.5, 0.6) is 0 Å². The Morgan fingerprint density at radius 3 is 2.21 bits per heavy atom. The van der Waals surface area contributed by atoms with E-state index in [0.717, 1.165) is 4.31 Å². The number of anilines is 1. The Kier molecular flexibility index (Phi) is 2.55. The second-order valence-corrected chi connectivity index (χ2v) is 5.30. The molecule has 6 nitrogen and oxygen atoms in total. The van der Waals surface area contributed by atoms with Crippen LogP contribution in [0, 0.1) is 6.92 Å². The van der Waals surface area contributed by atoms with Crippen LogP contribution in [0.1, 0.15) is 5.69 Å². The monoisotopic (exact) mass is 218 g/mol. The van der Waals surface area contributed by atoms with Crippen LogP contribution in [0.3, 0.4) is 0 Å². The third kappa shape index (κ3) is 1.48. The summed E-state index contributed by atoms with van der Waals surface area (Å²) >= 11 is 0. The minimum Gasteiger partial charge on any atom is -0.381 e. The molecule has 0 amide bonds. The van der Waals surface area contributed by atoms with Gasteiger partial charge in [0.05, 0.1) is 5.69 Å². The van der Waals surface area contributed by atoms with Gasteiger partial charge in [-0.05, 0) is 6.92 Å². The minimum atomic E-state index is -3.49. The lowest BCUT2D eigenvalue weighted by Crippen LogP contribution is -2.23. The number of nitrogen functional groups attached to an aromatic ring is 1. The van der Waals surface area contributed by atoms with Crippen molar-refractivity contribution in [3.8, 4) is 0 Å². The molecule has 2 N–H and O–H groups in total. The zero-order chi connectivity index (χ0) is 11.1. The van der Waals surface area contributed by atoms with Crippen LogP contribution in [-0.4, -0.2) is 36.6 Å². The molecule has 0 spiro atoms. The van der Waals surface area contributed by atoms with Gasteiger partial charge in [-0.2, -0.15) is 5.10 Å². The van der Waals surface area contributed by atoms with Gasteiger partial charge in [0.15, 0.2) is 5.82 Å². The molecule has 0 radical (unpaired) electrons. The lowest BCUT2D eigenvalue weighted by Gasteiger charge is -2.10. The van der Waals surface area contributed by atoms with Gasteiger partial charge < -0.3 is 5.73 Å². The molecular formula is C7H14N4O2S. The molecule has 0 aliphatic heterocycles. The highest BCUT2D eigenvalue weighted by Crippen LogP contribution is 2.23. The average Bonchev–Trinajstić information content (AvgIpc) is 2.26. The fourth-order valence-electron chi connectivity index (χ4n) is 1.12. The second kappa shape index (κ2) is 3.25. The van der Waals surface area contributed by atoms with Crippen molar-refractivity contribution in [3.63, 3.8) is 0 Å². The van der Waals surface area contributed by atoms with E-state index in [4.69, 9.17) is 5.73 Å². The van der Waals surface area contributed by atoms with E-state index in [0.29, 0.717) is 5.69 Å². The van der Waals surface area contributed by atoms with Crippen molar-refractivity contribution in [2.45, 2.75) is 11.8 Å². The molecule has 0 saturated carbocycles. The Labute approximate surface area is 83.4 Å². The summed E-state index contributed by atoms with van der Waals surface area (Å²) in [5.41, 5.74) is 6.07. The Balaban J connectivity index is 3.48. The van der Waals surface area contributed by atoms with E-state index in [1.807, 2.05) is 0 Å². The summed E-state index contributed by atoms with van der Waals surface area (Å²) in [5.74, 6) is 0.0405. The summed E-state index contributed by atoms with van der Waals surface area (Å²) in [6, 6.07) is 0. The SMILES string of the molecule is Cc1c(S(=O)(=O)N(C)C)c(N)nn1C. The lowest BCUT2D eigenvalue weighted by molar-refractivity contribution is 0.520. The normalized spacial score (nSPS) is 12.4. The molecule has 0 saturated heterocycles. The van der Waals surface area contributed by atoms with Crippen LogP contribution in [0.15, 0.2) is 4.90 Å². The molecular weight excluding hydrogens is 204 g/mol. The van der Waals surface area contributed by atoms with Gasteiger partial charge in [0.2, 0.25) is 10.0 Å². The first-order chi connectivity index (χ1) is 6.28. The summed E-state index contributed by atoms with van der Waals surface area (Å²) < 4.78 is 26.1. The summed E-state index contributed by atoms with van der Waals surface area (Å²) in [6.07, 6.45) is 0. The smallest absolute Gasteiger partial charge is 0.248 e. The van der Waals surface area contributed by atoms with Crippen LogP contribution in [-0.2, 0) is 17.1 Å². The Bertz CT molecular complexity index is 447. The Morgan fingerprint density at radius 2 is 1.93 bits per heavy atom. The van der Waals surface area contributed by atoms with Crippen LogP contribution in [0.2, 0.25) is 0 Å². The van der Waals surface area contributed by atoms with Crippen molar-refractivity contribution in [3.05, 3.63) is 5.69 Å². The van der Waals surface area contributed by atoms with Crippen molar-refractivity contribution >= 4 is 15.8 Å². The molecule has 0 aliphatic rings. The van der Waals surface area contributed by atoms with Crippen LogP contribution >= 0.6 is 0 Å². The van der Waals surface area contributed by atoms with Crippen LogP contribution in [0.25, 0.3) is 0 Å². The molecule has 0 atom stereocenters. The van der Waals surface area contributed by atoms with Crippen LogP contribution in [0.4, 0.5) is 5.82 Å². The summed E-state index contributed by atoms with van der Waals surface area (Å²) in [6.45, 7) is 1.67. The predicted octanol–water partition coefficient (Wildman–Crippen LogP) is -0.439. The van der Waals surface area contributed by atoms with E-state index in [2.05, 4.69) is 5.10 Å². The summed E-state index contributed by atoms with van der Waals surface area (Å²) in [4.78, 5) is 0.0880. The number of nitrogens with two attached hydrogens (primary N) is 1. The second-order valence-electron chi connectivity index (χ2n) is 3.21. The highest BCUT2D eigenvalue weighted by molar-refractivity contribution is 7.89. The first-order valence-electron chi connectivity index (χ1n) is 4.00. The van der Waals surface area contributed by atoms with Gasteiger partial charge in [-0.1, -0.05) is 0 Å². The first kappa shape index (κ1) is 11.0. The van der Waals surface area contributed by atoms with Crippen LogP contribution < -0.4 is 5.73 Å². The molecule has 0 unspecified atom stereocenters. The van der Waals surface area contributed by atoms with Crippen molar-refractivity contribution in [2.75, 3.05) is 19.8 Å². The van der Waals surface area contributed by atoms with E-state index in [-0.39, 0.29) is 10.7 Å². The Morgan fingerprint density at radius 1 is 1.43 bits per heavy atom. The summed E-state index contributed by atoms with van der Waals surface area (Å²) in [5, 5.41) is 3.85. The molecule has 80 valence electrons. The molecule has 0 bridgehead atoms. The van der Waals surface area contributed by atoms with Crippen molar-refractivity contribution in [1.82, 2.24) is 14.1 Å². The topological polar surface area (TPSA) is 81.2 Å².